The first-order chi connectivity index (χ1) is 11.3. The summed E-state index contributed by atoms with van der Waals surface area (Å²) in [7, 11) is 1.49. The van der Waals surface area contributed by atoms with Crippen LogP contribution < -0.4 is 10.1 Å². The summed E-state index contributed by atoms with van der Waals surface area (Å²) in [4.78, 5) is 32.3. The average Bonchev–Trinajstić information content (AvgIpc) is 2.54. The fourth-order valence-electron chi connectivity index (χ4n) is 1.88. The van der Waals surface area contributed by atoms with E-state index in [-0.39, 0.29) is 5.56 Å². The van der Waals surface area contributed by atoms with Crippen molar-refractivity contribution < 1.29 is 19.4 Å². The predicted molar refractivity (Wildman–Crippen MR) is 88.4 cm³/mol. The number of ether oxygens (including phenoxy) is 1. The molecule has 0 bridgehead atoms. The van der Waals surface area contributed by atoms with E-state index in [2.05, 4.69) is 21.2 Å². The van der Waals surface area contributed by atoms with E-state index >= 15 is 0 Å². The van der Waals surface area contributed by atoms with Crippen LogP contribution in [0.25, 0.3) is 0 Å². The van der Waals surface area contributed by atoms with Crippen molar-refractivity contribution >= 4 is 38.9 Å². The summed E-state index contributed by atoms with van der Waals surface area (Å²) in [5.74, 6) is -0.155. The third-order valence-corrected chi connectivity index (χ3v) is 3.62. The lowest BCUT2D eigenvalue weighted by Gasteiger charge is -2.08. The lowest BCUT2D eigenvalue weighted by atomic mass is 10.1. The van der Waals surface area contributed by atoms with Crippen molar-refractivity contribution in [3.05, 3.63) is 66.7 Å². The Morgan fingerprint density at radius 3 is 2.12 bits per heavy atom. The van der Waals surface area contributed by atoms with Crippen LogP contribution in [0.15, 0.2) is 40.9 Å². The molecule has 0 spiro atoms. The van der Waals surface area contributed by atoms with Gasteiger partial charge < -0.3 is 10.1 Å². The number of carbonyl (C=O) groups is 1. The molecule has 0 saturated heterocycles. The molecule has 0 radical (unpaired) electrons. The molecule has 0 aliphatic rings. The number of nitro groups is 2. The monoisotopic (exact) mass is 395 g/mol. The summed E-state index contributed by atoms with van der Waals surface area (Å²) in [5, 5.41) is 24.2. The summed E-state index contributed by atoms with van der Waals surface area (Å²) >= 11 is 3.26. The minimum atomic E-state index is -0.798. The molecule has 0 fully saturated rings. The summed E-state index contributed by atoms with van der Waals surface area (Å²) in [6.45, 7) is 0. The van der Waals surface area contributed by atoms with Gasteiger partial charge in [0.2, 0.25) is 0 Å². The van der Waals surface area contributed by atoms with Crippen molar-refractivity contribution in [3.8, 4) is 5.75 Å². The van der Waals surface area contributed by atoms with Crippen molar-refractivity contribution in [1.82, 2.24) is 0 Å². The molecule has 0 atom stereocenters. The van der Waals surface area contributed by atoms with Gasteiger partial charge in [-0.25, -0.2) is 0 Å². The Bertz CT molecular complexity index is 807. The second kappa shape index (κ2) is 7.04. The van der Waals surface area contributed by atoms with Gasteiger partial charge in [-0.3, -0.25) is 25.0 Å². The largest absolute Gasteiger partial charge is 0.496 e. The molecule has 0 aliphatic carbocycles. The van der Waals surface area contributed by atoms with E-state index in [0.29, 0.717) is 15.9 Å². The molecule has 2 rings (SSSR count). The van der Waals surface area contributed by atoms with Crippen molar-refractivity contribution in [3.63, 3.8) is 0 Å². The number of nitrogens with zero attached hydrogens (tertiary/aromatic N) is 2. The molecule has 2 aromatic rings. The number of methoxy groups -OCH3 is 1. The fraction of sp³-hybridized carbons (Fsp3) is 0.0714. The van der Waals surface area contributed by atoms with E-state index in [4.69, 9.17) is 4.74 Å². The van der Waals surface area contributed by atoms with Gasteiger partial charge in [-0.15, -0.1) is 0 Å². The van der Waals surface area contributed by atoms with E-state index in [1.165, 1.54) is 7.11 Å². The highest BCUT2D eigenvalue weighted by Crippen LogP contribution is 2.28. The number of hydrogen-bond donors (Lipinski definition) is 1. The zero-order valence-electron chi connectivity index (χ0n) is 12.2. The molecule has 0 saturated carbocycles. The fourth-order valence-corrected chi connectivity index (χ4v) is 2.43. The number of rotatable bonds is 5. The number of nitro benzene ring substituents is 2. The van der Waals surface area contributed by atoms with Gasteiger partial charge >= 0.3 is 0 Å². The van der Waals surface area contributed by atoms with Crippen molar-refractivity contribution in [1.29, 1.82) is 0 Å². The number of nitrogens with one attached hydrogen (secondary N) is 1. The third kappa shape index (κ3) is 3.84. The predicted octanol–water partition coefficient (Wildman–Crippen LogP) is 3.53. The first-order valence-electron chi connectivity index (χ1n) is 6.40. The van der Waals surface area contributed by atoms with Crippen LogP contribution >= 0.6 is 15.9 Å². The molecule has 2 aromatic carbocycles. The smallest absolute Gasteiger partial charge is 0.277 e. The number of anilines is 1. The third-order valence-electron chi connectivity index (χ3n) is 3.00. The first kappa shape index (κ1) is 17.3. The average molecular weight is 396 g/mol. The normalized spacial score (nSPS) is 10.1. The minimum Gasteiger partial charge on any atom is -0.496 e. The van der Waals surface area contributed by atoms with E-state index in [1.807, 2.05) is 0 Å². The lowest BCUT2D eigenvalue weighted by molar-refractivity contribution is -0.394. The van der Waals surface area contributed by atoms with Gasteiger partial charge in [0.05, 0.1) is 33.1 Å². The van der Waals surface area contributed by atoms with Crippen LogP contribution in [-0.4, -0.2) is 22.9 Å². The summed E-state index contributed by atoms with van der Waals surface area (Å²) < 4.78 is 5.65. The molecule has 124 valence electrons. The number of carbonyl (C=O) groups excluding carboxylic acids is 1. The van der Waals surface area contributed by atoms with Crippen LogP contribution in [0.1, 0.15) is 10.4 Å². The number of hydrogen-bond acceptors (Lipinski definition) is 6. The molecular formula is C14H10BrN3O6. The van der Waals surface area contributed by atoms with Gasteiger partial charge in [-0.05, 0) is 34.1 Å². The Kier molecular flexibility index (Phi) is 5.09. The first-order valence-corrected chi connectivity index (χ1v) is 7.20. The molecule has 0 heterocycles. The molecule has 10 heteroatoms. The Morgan fingerprint density at radius 2 is 1.67 bits per heavy atom. The van der Waals surface area contributed by atoms with Crippen LogP contribution in [-0.2, 0) is 0 Å². The summed E-state index contributed by atoms with van der Waals surface area (Å²) in [5.41, 5.74) is -0.875. The van der Waals surface area contributed by atoms with Gasteiger partial charge in [0, 0.05) is 17.8 Å². The van der Waals surface area contributed by atoms with Crippen molar-refractivity contribution in [2.45, 2.75) is 0 Å². The highest BCUT2D eigenvalue weighted by atomic mass is 79.9. The molecular weight excluding hydrogens is 386 g/mol. The van der Waals surface area contributed by atoms with E-state index in [0.717, 1.165) is 18.2 Å². The van der Waals surface area contributed by atoms with E-state index in [9.17, 15) is 25.0 Å². The van der Waals surface area contributed by atoms with Crippen LogP contribution in [0, 0.1) is 20.2 Å². The van der Waals surface area contributed by atoms with E-state index < -0.39 is 27.1 Å². The van der Waals surface area contributed by atoms with Crippen LogP contribution in [0.4, 0.5) is 17.1 Å². The molecule has 0 unspecified atom stereocenters. The SMILES string of the molecule is COc1ccc(NC(=O)c2cc([N+](=O)[O-])cc([N+](=O)[O-])c2)cc1Br. The van der Waals surface area contributed by atoms with Gasteiger partial charge in [-0.2, -0.15) is 0 Å². The molecule has 1 amide bonds. The van der Waals surface area contributed by atoms with E-state index in [1.54, 1.807) is 18.2 Å². The molecule has 0 aliphatic heterocycles. The Labute approximate surface area is 143 Å². The molecule has 0 aromatic heterocycles. The van der Waals surface area contributed by atoms with Crippen LogP contribution in [0.2, 0.25) is 0 Å². The summed E-state index contributed by atoms with van der Waals surface area (Å²) in [6.07, 6.45) is 0. The standard InChI is InChI=1S/C14H10BrN3O6/c1-24-13-3-2-9(6-12(13)15)16-14(19)8-4-10(17(20)21)7-11(5-8)18(22)23/h2-7H,1H3,(H,16,19). The zero-order chi connectivity index (χ0) is 17.9. The van der Waals surface area contributed by atoms with Crippen molar-refractivity contribution in [2.75, 3.05) is 12.4 Å². The maximum Gasteiger partial charge on any atom is 0.277 e. The van der Waals surface area contributed by atoms with Crippen LogP contribution in [0.5, 0.6) is 5.75 Å². The Balaban J connectivity index is 2.33. The maximum atomic E-state index is 12.2. The summed E-state index contributed by atoms with van der Waals surface area (Å²) in [6, 6.07) is 7.48. The number of benzene rings is 2. The quantitative estimate of drug-likeness (QED) is 0.609. The van der Waals surface area contributed by atoms with Gasteiger partial charge in [0.1, 0.15) is 5.75 Å². The Morgan fingerprint density at radius 1 is 1.08 bits per heavy atom. The van der Waals surface area contributed by atoms with Gasteiger partial charge in [0.15, 0.2) is 0 Å². The highest BCUT2D eigenvalue weighted by Gasteiger charge is 2.20. The Hall–Kier alpha value is -3.01. The second-order valence-corrected chi connectivity index (χ2v) is 5.41. The maximum absolute atomic E-state index is 12.2. The second-order valence-electron chi connectivity index (χ2n) is 4.56. The zero-order valence-corrected chi connectivity index (χ0v) is 13.8. The number of amides is 1. The van der Waals surface area contributed by atoms with Gasteiger partial charge in [0.25, 0.3) is 17.3 Å². The topological polar surface area (TPSA) is 125 Å². The van der Waals surface area contributed by atoms with Crippen molar-refractivity contribution in [2.24, 2.45) is 0 Å². The lowest BCUT2D eigenvalue weighted by Crippen LogP contribution is -2.12. The molecule has 1 N–H and O–H groups in total. The van der Waals surface area contributed by atoms with Gasteiger partial charge in [-0.1, -0.05) is 0 Å². The highest BCUT2D eigenvalue weighted by molar-refractivity contribution is 9.10. The molecule has 24 heavy (non-hydrogen) atoms. The minimum absolute atomic E-state index is 0.192. The number of halogens is 1. The molecule has 9 nitrogen and oxygen atoms in total. The number of non-ortho nitro benzene ring substituents is 2. The van der Waals surface area contributed by atoms with Crippen LogP contribution in [0.3, 0.4) is 0 Å².